The number of fused-ring (bicyclic) bond motifs is 2. The van der Waals surface area contributed by atoms with Gasteiger partial charge >= 0.3 is 35.8 Å². The fraction of sp³-hybridized carbons (Fsp3) is 0.561. The molecule has 2 aromatic rings. The molecule has 0 aromatic carbocycles. The summed E-state index contributed by atoms with van der Waals surface area (Å²) in [5, 5.41) is 13.4. The van der Waals surface area contributed by atoms with Crippen LogP contribution in [0.5, 0.6) is 0 Å². The molecule has 1 spiro atoms. The molecule has 4 fully saturated rings. The number of methoxy groups -OCH3 is 1. The van der Waals surface area contributed by atoms with Crippen LogP contribution in [-0.4, -0.2) is 101 Å². The van der Waals surface area contributed by atoms with Gasteiger partial charge in [-0.1, -0.05) is 34.3 Å². The van der Waals surface area contributed by atoms with E-state index in [1.165, 1.54) is 57.0 Å². The number of ketones is 1. The Labute approximate surface area is 333 Å². The molecule has 0 unspecified atom stereocenters. The largest absolute Gasteiger partial charge is 0.472 e. The smallest absolute Gasteiger partial charge is 0.351 e. The first-order valence-electron chi connectivity index (χ1n) is 18.7. The summed E-state index contributed by atoms with van der Waals surface area (Å²) >= 11 is 0. The van der Waals surface area contributed by atoms with E-state index in [4.69, 9.17) is 37.6 Å². The number of esters is 6. The van der Waals surface area contributed by atoms with Crippen LogP contribution in [0.25, 0.3) is 0 Å². The summed E-state index contributed by atoms with van der Waals surface area (Å²) in [5.74, 6) is -8.93. The summed E-state index contributed by atoms with van der Waals surface area (Å²) in [6.07, 6.45) is -6.29. The highest BCUT2D eigenvalue weighted by molar-refractivity contribution is 6.01. The lowest BCUT2D eigenvalue weighted by atomic mass is 9.48. The number of cyclic esters (lactones) is 1. The van der Waals surface area contributed by atoms with E-state index in [0.717, 1.165) is 21.0 Å². The second-order valence-electron chi connectivity index (χ2n) is 16.5. The van der Waals surface area contributed by atoms with Crippen LogP contribution < -0.4 is 0 Å². The third-order valence-corrected chi connectivity index (χ3v) is 12.6. The number of carbonyl (C=O) groups excluding carboxylic acids is 7. The van der Waals surface area contributed by atoms with E-state index in [9.17, 15) is 33.9 Å². The Morgan fingerprint density at radius 2 is 1.66 bits per heavy atom. The number of carbonyl (C=O) groups is 7. The van der Waals surface area contributed by atoms with Gasteiger partial charge in [-0.15, -0.1) is 0 Å². The number of rotatable bonds is 9. The molecule has 11 atom stereocenters. The fourth-order valence-corrected chi connectivity index (χ4v) is 9.84. The summed E-state index contributed by atoms with van der Waals surface area (Å²) in [5.41, 5.74) is -11.9. The molecule has 2 saturated heterocycles. The molecule has 2 aliphatic carbocycles. The molecule has 0 amide bonds. The monoisotopic (exact) mass is 809 g/mol. The lowest BCUT2D eigenvalue weighted by Crippen LogP contribution is -2.76. The number of aliphatic hydroxyl groups is 1. The van der Waals surface area contributed by atoms with E-state index < -0.39 is 129 Å². The minimum Gasteiger partial charge on any atom is -0.472 e. The van der Waals surface area contributed by atoms with Gasteiger partial charge in [0.2, 0.25) is 6.10 Å². The van der Waals surface area contributed by atoms with Gasteiger partial charge in [0.25, 0.3) is 0 Å². The van der Waals surface area contributed by atoms with Crippen molar-refractivity contribution in [2.24, 2.45) is 28.1 Å². The van der Waals surface area contributed by atoms with Crippen molar-refractivity contribution in [2.75, 3.05) is 7.11 Å². The topological polar surface area (TPSA) is 230 Å². The Morgan fingerprint density at radius 3 is 2.21 bits per heavy atom. The van der Waals surface area contributed by atoms with Crippen molar-refractivity contribution in [3.8, 4) is 0 Å². The quantitative estimate of drug-likeness (QED) is 0.218. The lowest BCUT2D eigenvalue weighted by molar-refractivity contribution is -0.318. The van der Waals surface area contributed by atoms with Crippen LogP contribution in [0, 0.1) is 28.1 Å². The summed E-state index contributed by atoms with van der Waals surface area (Å²) in [6.45, 7) is 15.3. The molecular formula is C41H47NO16. The molecular weight excluding hydrogens is 762 g/mol. The molecule has 58 heavy (non-hydrogen) atoms. The number of furan rings is 1. The molecule has 0 radical (unpaired) electrons. The Morgan fingerprint density at radius 1 is 0.983 bits per heavy atom. The Kier molecular flexibility index (Phi) is 10.5. The Hall–Kier alpha value is -5.42. The average Bonchev–Trinajstić information content (AvgIpc) is 3.74. The Bertz CT molecular complexity index is 2040. The third kappa shape index (κ3) is 5.87. The zero-order valence-electron chi connectivity index (χ0n) is 33.6. The number of hydrogen-bond donors (Lipinski definition) is 1. The number of nitrogens with zero attached hydrogens (tertiary/aromatic N) is 1. The van der Waals surface area contributed by atoms with Crippen LogP contribution in [0.15, 0.2) is 59.7 Å². The SMILES string of the molecule is C=C1[C@@]2(O)C(=O)[C@@]3(C)[C@@H](O[C@@]14[C@H](OC(C)=O)C(=O)O[C@@H](c1ccoc1)[C@]4(C)[C@H]2OC(C)=O)[C@@H](OC(=O)c1cccnc1)[C@@H](OC(=O)C(C)C)C(C)(C)[C@@H]3CC(=O)OC. The molecule has 2 bridgehead atoms. The van der Waals surface area contributed by atoms with Gasteiger partial charge in [-0.05, 0) is 38.0 Å². The molecule has 4 heterocycles. The van der Waals surface area contributed by atoms with Crippen LogP contribution in [0.2, 0.25) is 0 Å². The molecule has 17 nitrogen and oxygen atoms in total. The van der Waals surface area contributed by atoms with Gasteiger partial charge < -0.3 is 42.7 Å². The second-order valence-corrected chi connectivity index (χ2v) is 16.5. The average molecular weight is 810 g/mol. The van der Waals surface area contributed by atoms with Gasteiger partial charge in [-0.25, -0.2) is 9.59 Å². The summed E-state index contributed by atoms with van der Waals surface area (Å²) in [6, 6.07) is 4.32. The number of hydrogen-bond acceptors (Lipinski definition) is 17. The molecule has 312 valence electrons. The van der Waals surface area contributed by atoms with Crippen molar-refractivity contribution >= 4 is 41.6 Å². The number of Topliss-reactive ketones (excluding diaryl/α,β-unsaturated/α-hetero) is 1. The molecule has 2 aromatic heterocycles. The van der Waals surface area contributed by atoms with Crippen molar-refractivity contribution in [1.29, 1.82) is 0 Å². The molecule has 2 aliphatic heterocycles. The zero-order chi connectivity index (χ0) is 42.9. The maximum Gasteiger partial charge on any atom is 0.351 e. The Balaban J connectivity index is 1.74. The fourth-order valence-electron chi connectivity index (χ4n) is 9.84. The first-order valence-corrected chi connectivity index (χ1v) is 18.7. The van der Waals surface area contributed by atoms with Gasteiger partial charge in [0.05, 0.1) is 48.4 Å². The van der Waals surface area contributed by atoms with Crippen molar-refractivity contribution in [3.05, 3.63) is 66.4 Å². The predicted octanol–water partition coefficient (Wildman–Crippen LogP) is 3.17. The van der Waals surface area contributed by atoms with Gasteiger partial charge in [0.1, 0.15) is 18.3 Å². The maximum atomic E-state index is 16.0. The molecule has 1 N–H and O–H groups in total. The number of ether oxygens (including phenoxy) is 7. The van der Waals surface area contributed by atoms with Crippen LogP contribution in [-0.2, 0) is 61.9 Å². The summed E-state index contributed by atoms with van der Waals surface area (Å²) < 4.78 is 47.6. The highest BCUT2D eigenvalue weighted by Gasteiger charge is 2.88. The minimum atomic E-state index is -3.01. The normalized spacial score (nSPS) is 36.1. The van der Waals surface area contributed by atoms with E-state index in [1.54, 1.807) is 27.7 Å². The molecule has 2 saturated carbocycles. The third-order valence-electron chi connectivity index (χ3n) is 12.6. The van der Waals surface area contributed by atoms with E-state index >= 15 is 4.79 Å². The zero-order valence-corrected chi connectivity index (χ0v) is 33.6. The van der Waals surface area contributed by atoms with Crippen molar-refractivity contribution in [3.63, 3.8) is 0 Å². The first kappa shape index (κ1) is 42.2. The summed E-state index contributed by atoms with van der Waals surface area (Å²) in [7, 11) is 1.13. The van der Waals surface area contributed by atoms with Crippen molar-refractivity contribution in [1.82, 2.24) is 4.98 Å². The van der Waals surface area contributed by atoms with Crippen molar-refractivity contribution < 1.29 is 76.2 Å². The number of aromatic nitrogens is 1. The molecule has 17 heteroatoms. The van der Waals surface area contributed by atoms with Crippen LogP contribution >= 0.6 is 0 Å². The van der Waals surface area contributed by atoms with Crippen molar-refractivity contribution in [2.45, 2.75) is 110 Å². The van der Waals surface area contributed by atoms with Gasteiger partial charge in [0, 0.05) is 42.8 Å². The van der Waals surface area contributed by atoms with E-state index in [2.05, 4.69) is 11.6 Å². The van der Waals surface area contributed by atoms with E-state index in [1.807, 2.05) is 0 Å². The van der Waals surface area contributed by atoms with Gasteiger partial charge in [-0.3, -0.25) is 29.0 Å². The minimum absolute atomic E-state index is 0.0471. The highest BCUT2D eigenvalue weighted by atomic mass is 16.7. The predicted molar refractivity (Wildman–Crippen MR) is 194 cm³/mol. The number of pyridine rings is 1. The molecule has 4 aliphatic rings. The van der Waals surface area contributed by atoms with Gasteiger partial charge in [0.15, 0.2) is 29.2 Å². The van der Waals surface area contributed by atoms with E-state index in [-0.39, 0.29) is 11.1 Å². The standard InChI is InChI=1S/C41H47NO16/c1-19(2)32(46)57-29-27(55-33(47)23-12-11-14-42-17-23)30-38(8,25(37(29,6)7)16-26(45)51-10)35(49)40(50)20(3)41(58-30)31(53-21(4)43)34(48)56-28(24-13-15-52-18-24)39(41,9)36(40)54-22(5)44/h11-15,17-19,25,27-31,36,50H,3,16H2,1-2,4-10H3/t25-,27-,28-,29+,30-,31+,36+,38+,39+,40+,41+/m0/s1. The first-order chi connectivity index (χ1) is 27.1. The summed E-state index contributed by atoms with van der Waals surface area (Å²) in [4.78, 5) is 102. The second kappa shape index (κ2) is 14.4. The maximum absolute atomic E-state index is 16.0. The van der Waals surface area contributed by atoms with Crippen LogP contribution in [0.3, 0.4) is 0 Å². The van der Waals surface area contributed by atoms with Gasteiger partial charge in [-0.2, -0.15) is 0 Å². The van der Waals surface area contributed by atoms with Crippen LogP contribution in [0.1, 0.15) is 83.8 Å². The van der Waals surface area contributed by atoms with Crippen LogP contribution in [0.4, 0.5) is 0 Å². The highest BCUT2D eigenvalue weighted by Crippen LogP contribution is 2.72. The lowest BCUT2D eigenvalue weighted by Gasteiger charge is -2.62. The molecule has 6 rings (SSSR count). The van der Waals surface area contributed by atoms with E-state index in [0.29, 0.717) is 0 Å².